The maximum absolute atomic E-state index is 13.5. The Bertz CT molecular complexity index is 1680. The summed E-state index contributed by atoms with van der Waals surface area (Å²) in [6, 6.07) is 20.0. The Balaban J connectivity index is 1.27. The van der Waals surface area contributed by atoms with Crippen LogP contribution in [0.3, 0.4) is 0 Å². The number of carbonyl (C=O) groups excluding carboxylic acids is 3. The molecule has 1 heterocycles. The minimum atomic E-state index is -0.200. The van der Waals surface area contributed by atoms with Crippen LogP contribution in [0.15, 0.2) is 90.5 Å². The quantitative estimate of drug-likeness (QED) is 0.273. The number of carbonyl (C=O) groups is 3. The summed E-state index contributed by atoms with van der Waals surface area (Å²) in [7, 11) is 1.58. The van der Waals surface area contributed by atoms with Crippen molar-refractivity contribution in [1.29, 1.82) is 0 Å². The molecule has 0 atom stereocenters. The van der Waals surface area contributed by atoms with Crippen molar-refractivity contribution in [2.75, 3.05) is 7.11 Å². The number of ether oxygens (including phenoxy) is 1. The number of halogens is 1. The molecule has 0 bridgehead atoms. The first kappa shape index (κ1) is 27.9. The molecule has 4 aromatic rings. The number of methoxy groups -OCH3 is 1. The van der Waals surface area contributed by atoms with Crippen molar-refractivity contribution in [1.82, 2.24) is 15.2 Å². The molecule has 0 saturated heterocycles. The van der Waals surface area contributed by atoms with E-state index < -0.39 is 0 Å². The van der Waals surface area contributed by atoms with E-state index in [0.29, 0.717) is 47.1 Å². The van der Waals surface area contributed by atoms with Crippen molar-refractivity contribution in [3.8, 4) is 5.75 Å². The van der Waals surface area contributed by atoms with Crippen LogP contribution in [0, 0.1) is 6.92 Å². The van der Waals surface area contributed by atoms with Gasteiger partial charge < -0.3 is 15.4 Å². The van der Waals surface area contributed by atoms with Gasteiger partial charge in [0.2, 0.25) is 11.8 Å². The number of hydrogen-bond acceptors (Lipinski definition) is 4. The Labute approximate surface area is 243 Å². The molecule has 1 aliphatic carbocycles. The van der Waals surface area contributed by atoms with E-state index in [1.165, 1.54) is 0 Å². The Kier molecular flexibility index (Phi) is 8.36. The lowest BCUT2D eigenvalue weighted by atomic mass is 10.1. The summed E-state index contributed by atoms with van der Waals surface area (Å²) >= 11 is 6.02. The molecule has 208 valence electrons. The first-order chi connectivity index (χ1) is 19.8. The Morgan fingerprint density at radius 2 is 1.61 bits per heavy atom. The van der Waals surface area contributed by atoms with Crippen LogP contribution in [0.1, 0.15) is 39.2 Å². The molecule has 0 aliphatic heterocycles. The van der Waals surface area contributed by atoms with Gasteiger partial charge in [0, 0.05) is 40.3 Å². The van der Waals surface area contributed by atoms with Crippen molar-refractivity contribution in [2.45, 2.75) is 32.9 Å². The predicted octanol–water partition coefficient (Wildman–Crippen LogP) is 5.66. The molecule has 1 aromatic heterocycles. The van der Waals surface area contributed by atoms with Crippen molar-refractivity contribution in [2.24, 2.45) is 0 Å². The van der Waals surface area contributed by atoms with E-state index in [9.17, 15) is 14.4 Å². The summed E-state index contributed by atoms with van der Waals surface area (Å²) < 4.78 is 7.06. The molecule has 2 amide bonds. The third-order valence-corrected chi connectivity index (χ3v) is 7.45. The van der Waals surface area contributed by atoms with Crippen molar-refractivity contribution < 1.29 is 19.1 Å². The number of aromatic nitrogens is 1. The standard InChI is InChI=1S/C33H30ClN3O4/c1-21-28(29-17-27(41-2)15-16-30(29)37(21)33(40)25-11-13-26(34)14-12-25)18-31(38)35-19-22-7-9-23(10-8-22)20-36-32(39)24-5-3-4-6-24/h3-5,7-17H,6,18-20H2,1-2H3,(H,35,38)(H,36,39). The fourth-order valence-electron chi connectivity index (χ4n) is 4.91. The number of fused-ring (bicyclic) bond motifs is 1. The van der Waals surface area contributed by atoms with Crippen molar-refractivity contribution in [3.63, 3.8) is 0 Å². The lowest BCUT2D eigenvalue weighted by molar-refractivity contribution is -0.120. The second-order valence-electron chi connectivity index (χ2n) is 9.87. The molecular weight excluding hydrogens is 538 g/mol. The van der Waals surface area contributed by atoms with Crippen LogP contribution in [0.25, 0.3) is 10.9 Å². The highest BCUT2D eigenvalue weighted by Crippen LogP contribution is 2.31. The largest absolute Gasteiger partial charge is 0.497 e. The van der Waals surface area contributed by atoms with Gasteiger partial charge in [-0.2, -0.15) is 0 Å². The Morgan fingerprint density at radius 1 is 0.927 bits per heavy atom. The topological polar surface area (TPSA) is 89.4 Å². The molecule has 8 heteroatoms. The van der Waals surface area contributed by atoms with Gasteiger partial charge in [-0.3, -0.25) is 19.0 Å². The van der Waals surface area contributed by atoms with E-state index in [1.54, 1.807) is 42.0 Å². The number of amides is 2. The first-order valence-corrected chi connectivity index (χ1v) is 13.7. The zero-order valence-corrected chi connectivity index (χ0v) is 23.6. The summed E-state index contributed by atoms with van der Waals surface area (Å²) in [6.07, 6.45) is 6.43. The van der Waals surface area contributed by atoms with Gasteiger partial charge in [0.15, 0.2) is 0 Å². The van der Waals surface area contributed by atoms with E-state index in [-0.39, 0.29) is 24.1 Å². The molecule has 41 heavy (non-hydrogen) atoms. The summed E-state index contributed by atoms with van der Waals surface area (Å²) in [5.74, 6) is 0.219. The third-order valence-electron chi connectivity index (χ3n) is 7.20. The van der Waals surface area contributed by atoms with Gasteiger partial charge in [0.05, 0.1) is 19.0 Å². The zero-order valence-electron chi connectivity index (χ0n) is 22.9. The van der Waals surface area contributed by atoms with Gasteiger partial charge in [-0.05, 0) is 72.5 Å². The normalized spacial score (nSPS) is 12.3. The zero-order chi connectivity index (χ0) is 28.9. The van der Waals surface area contributed by atoms with Gasteiger partial charge in [-0.25, -0.2) is 0 Å². The van der Waals surface area contributed by atoms with E-state index in [1.807, 2.05) is 61.5 Å². The molecule has 1 aliphatic rings. The maximum Gasteiger partial charge on any atom is 0.262 e. The van der Waals surface area contributed by atoms with E-state index >= 15 is 0 Å². The third kappa shape index (κ3) is 6.26. The predicted molar refractivity (Wildman–Crippen MR) is 160 cm³/mol. The van der Waals surface area contributed by atoms with Gasteiger partial charge in [-0.15, -0.1) is 0 Å². The molecule has 3 aromatic carbocycles. The molecule has 2 N–H and O–H groups in total. The average Bonchev–Trinajstić information content (AvgIpc) is 3.62. The van der Waals surface area contributed by atoms with Crippen LogP contribution in [-0.2, 0) is 29.1 Å². The minimum Gasteiger partial charge on any atom is -0.497 e. The highest BCUT2D eigenvalue weighted by molar-refractivity contribution is 6.30. The molecule has 7 nitrogen and oxygen atoms in total. The Hall–Kier alpha value is -4.62. The molecule has 0 unspecified atom stereocenters. The second kappa shape index (κ2) is 12.3. The SMILES string of the molecule is COc1ccc2c(c1)c(CC(=O)NCc1ccc(CNC(=O)C3=CC=CC3)cc1)c(C)n2C(=O)c1ccc(Cl)cc1. The van der Waals surface area contributed by atoms with Crippen LogP contribution in [0.2, 0.25) is 5.02 Å². The number of benzene rings is 3. The molecule has 0 radical (unpaired) electrons. The van der Waals surface area contributed by atoms with Gasteiger partial charge >= 0.3 is 0 Å². The summed E-state index contributed by atoms with van der Waals surface area (Å²) in [6.45, 7) is 2.64. The van der Waals surface area contributed by atoms with Crippen molar-refractivity contribution >= 4 is 40.2 Å². The van der Waals surface area contributed by atoms with Crippen LogP contribution in [-0.4, -0.2) is 29.4 Å². The fraction of sp³-hybridized carbons (Fsp3) is 0.182. The number of hydrogen-bond donors (Lipinski definition) is 2. The van der Waals surface area contributed by atoms with Crippen molar-refractivity contribution in [3.05, 3.63) is 124 Å². The van der Waals surface area contributed by atoms with Crippen LogP contribution in [0.5, 0.6) is 5.75 Å². The summed E-state index contributed by atoms with van der Waals surface area (Å²) in [5.41, 5.74) is 5.33. The maximum atomic E-state index is 13.5. The molecule has 0 saturated carbocycles. The van der Waals surface area contributed by atoms with Gasteiger partial charge in [0.1, 0.15) is 5.75 Å². The molecule has 0 fully saturated rings. The second-order valence-corrected chi connectivity index (χ2v) is 10.3. The van der Waals surface area contributed by atoms with Gasteiger partial charge in [0.25, 0.3) is 5.91 Å². The number of allylic oxidation sites excluding steroid dienone is 3. The van der Waals surface area contributed by atoms with Crippen LogP contribution >= 0.6 is 11.6 Å². The minimum absolute atomic E-state index is 0.0597. The highest BCUT2D eigenvalue weighted by atomic mass is 35.5. The van der Waals surface area contributed by atoms with Gasteiger partial charge in [-0.1, -0.05) is 54.1 Å². The Morgan fingerprint density at radius 3 is 2.24 bits per heavy atom. The van der Waals surface area contributed by atoms with Crippen LogP contribution in [0.4, 0.5) is 0 Å². The summed E-state index contributed by atoms with van der Waals surface area (Å²) in [5, 5.41) is 7.26. The fourth-order valence-corrected chi connectivity index (χ4v) is 5.03. The number of nitrogens with zero attached hydrogens (tertiary/aromatic N) is 1. The highest BCUT2D eigenvalue weighted by Gasteiger charge is 2.22. The molecular formula is C33H30ClN3O4. The average molecular weight is 568 g/mol. The van der Waals surface area contributed by atoms with E-state index in [2.05, 4.69) is 10.6 Å². The van der Waals surface area contributed by atoms with E-state index in [0.717, 1.165) is 27.6 Å². The lowest BCUT2D eigenvalue weighted by Gasteiger charge is -2.09. The lowest BCUT2D eigenvalue weighted by Crippen LogP contribution is -2.25. The van der Waals surface area contributed by atoms with E-state index in [4.69, 9.17) is 16.3 Å². The molecule has 5 rings (SSSR count). The number of rotatable bonds is 9. The monoisotopic (exact) mass is 567 g/mol. The first-order valence-electron chi connectivity index (χ1n) is 13.3. The number of nitrogens with one attached hydrogen (secondary N) is 2. The molecule has 0 spiro atoms. The smallest absolute Gasteiger partial charge is 0.262 e. The van der Waals surface area contributed by atoms with Crippen LogP contribution < -0.4 is 15.4 Å². The summed E-state index contributed by atoms with van der Waals surface area (Å²) in [4.78, 5) is 38.8.